The van der Waals surface area contributed by atoms with Gasteiger partial charge in [0.05, 0.1) is 17.2 Å². The molecule has 6 nitrogen and oxygen atoms in total. The molecule has 2 N–H and O–H groups in total. The number of urea groups is 1. The van der Waals surface area contributed by atoms with Gasteiger partial charge in [-0.05, 0) is 23.6 Å². The molecule has 2 amide bonds. The van der Waals surface area contributed by atoms with E-state index < -0.39 is 0 Å². The summed E-state index contributed by atoms with van der Waals surface area (Å²) >= 11 is 1.48. The number of nitrogens with one attached hydrogen (secondary N) is 2. The fraction of sp³-hybridized carbons (Fsp3) is 0.250. The SMILES string of the molecule is CN(C)c1nccc(CNC(=O)Nc2cccs2)n1. The van der Waals surface area contributed by atoms with Crippen molar-refractivity contribution in [2.45, 2.75) is 6.54 Å². The fourth-order valence-electron chi connectivity index (χ4n) is 1.38. The van der Waals surface area contributed by atoms with Crippen molar-refractivity contribution in [1.29, 1.82) is 0 Å². The smallest absolute Gasteiger partial charge is 0.320 e. The van der Waals surface area contributed by atoms with Crippen molar-refractivity contribution in [3.8, 4) is 0 Å². The first-order valence-electron chi connectivity index (χ1n) is 5.73. The Balaban J connectivity index is 1.88. The second-order valence-electron chi connectivity index (χ2n) is 4.03. The molecule has 2 aromatic rings. The van der Waals surface area contributed by atoms with Crippen LogP contribution in [-0.4, -0.2) is 30.1 Å². The van der Waals surface area contributed by atoms with E-state index in [1.807, 2.05) is 36.5 Å². The molecule has 0 atom stereocenters. The highest BCUT2D eigenvalue weighted by Crippen LogP contribution is 2.14. The molecule has 2 aromatic heterocycles. The molecule has 0 aliphatic carbocycles. The van der Waals surface area contributed by atoms with Crippen LogP contribution in [0.15, 0.2) is 29.8 Å². The highest BCUT2D eigenvalue weighted by Gasteiger charge is 2.04. The average molecular weight is 277 g/mol. The fourth-order valence-corrected chi connectivity index (χ4v) is 1.99. The minimum absolute atomic E-state index is 0.243. The number of rotatable bonds is 4. The first-order chi connectivity index (χ1) is 9.15. The Morgan fingerprint density at radius 2 is 2.26 bits per heavy atom. The van der Waals surface area contributed by atoms with Crippen LogP contribution in [0.4, 0.5) is 15.7 Å². The molecule has 0 aliphatic rings. The van der Waals surface area contributed by atoms with E-state index >= 15 is 0 Å². The van der Waals surface area contributed by atoms with Gasteiger partial charge in [0.15, 0.2) is 0 Å². The molecule has 0 aromatic carbocycles. The molecule has 0 unspecified atom stereocenters. The minimum atomic E-state index is -0.243. The maximum absolute atomic E-state index is 11.6. The molecule has 0 aliphatic heterocycles. The van der Waals surface area contributed by atoms with Gasteiger partial charge in [-0.3, -0.25) is 5.32 Å². The standard InChI is InChI=1S/C12H15N5OS/c1-17(2)11-13-6-5-9(15-11)8-14-12(18)16-10-4-3-7-19-10/h3-7H,8H2,1-2H3,(H2,14,16,18). The van der Waals surface area contributed by atoms with Crippen LogP contribution < -0.4 is 15.5 Å². The van der Waals surface area contributed by atoms with E-state index in [9.17, 15) is 4.79 Å². The van der Waals surface area contributed by atoms with Gasteiger partial charge in [0.2, 0.25) is 5.95 Å². The van der Waals surface area contributed by atoms with Crippen molar-refractivity contribution < 1.29 is 4.79 Å². The van der Waals surface area contributed by atoms with Crippen LogP contribution in [0.25, 0.3) is 0 Å². The number of aromatic nitrogens is 2. The normalized spacial score (nSPS) is 10.0. The molecule has 0 fully saturated rings. The average Bonchev–Trinajstić information content (AvgIpc) is 2.89. The van der Waals surface area contributed by atoms with E-state index in [4.69, 9.17) is 0 Å². The summed E-state index contributed by atoms with van der Waals surface area (Å²) in [5, 5.41) is 8.22. The van der Waals surface area contributed by atoms with Crippen molar-refractivity contribution in [2.24, 2.45) is 0 Å². The van der Waals surface area contributed by atoms with Gasteiger partial charge in [0.25, 0.3) is 0 Å². The summed E-state index contributed by atoms with van der Waals surface area (Å²) in [5.41, 5.74) is 0.764. The van der Waals surface area contributed by atoms with Crippen molar-refractivity contribution in [3.05, 3.63) is 35.5 Å². The first kappa shape index (κ1) is 13.3. The van der Waals surface area contributed by atoms with Crippen LogP contribution in [0.1, 0.15) is 5.69 Å². The molecule has 19 heavy (non-hydrogen) atoms. The van der Waals surface area contributed by atoms with Crippen LogP contribution in [0, 0.1) is 0 Å². The summed E-state index contributed by atoms with van der Waals surface area (Å²) < 4.78 is 0. The van der Waals surface area contributed by atoms with Crippen LogP contribution in [0.3, 0.4) is 0 Å². The number of thiophene rings is 1. The second-order valence-corrected chi connectivity index (χ2v) is 4.98. The third-order valence-electron chi connectivity index (χ3n) is 2.29. The number of carbonyl (C=O) groups is 1. The van der Waals surface area contributed by atoms with Crippen LogP contribution in [0.5, 0.6) is 0 Å². The number of amides is 2. The van der Waals surface area contributed by atoms with Gasteiger partial charge in [0.1, 0.15) is 0 Å². The lowest BCUT2D eigenvalue weighted by Gasteiger charge is -2.11. The lowest BCUT2D eigenvalue weighted by atomic mass is 10.4. The molecular formula is C12H15N5OS. The minimum Gasteiger partial charge on any atom is -0.347 e. The quantitative estimate of drug-likeness (QED) is 0.896. The Bertz CT molecular complexity index is 541. The Hall–Kier alpha value is -2.15. The Morgan fingerprint density at radius 1 is 1.42 bits per heavy atom. The van der Waals surface area contributed by atoms with E-state index in [2.05, 4.69) is 20.6 Å². The molecule has 0 bridgehead atoms. The summed E-state index contributed by atoms with van der Waals surface area (Å²) in [6, 6.07) is 5.26. The van der Waals surface area contributed by atoms with Crippen molar-refractivity contribution in [3.63, 3.8) is 0 Å². The predicted molar refractivity (Wildman–Crippen MR) is 76.5 cm³/mol. The lowest BCUT2D eigenvalue weighted by Crippen LogP contribution is -2.28. The zero-order valence-corrected chi connectivity index (χ0v) is 11.6. The van der Waals surface area contributed by atoms with E-state index in [-0.39, 0.29) is 6.03 Å². The number of anilines is 2. The monoisotopic (exact) mass is 277 g/mol. The van der Waals surface area contributed by atoms with Gasteiger partial charge in [-0.1, -0.05) is 0 Å². The van der Waals surface area contributed by atoms with E-state index in [0.717, 1.165) is 10.7 Å². The van der Waals surface area contributed by atoms with Gasteiger partial charge in [0, 0.05) is 20.3 Å². The molecule has 2 rings (SSSR count). The highest BCUT2D eigenvalue weighted by molar-refractivity contribution is 7.14. The third-order valence-corrected chi connectivity index (χ3v) is 3.07. The predicted octanol–water partition coefficient (Wildman–Crippen LogP) is 1.93. The molecule has 0 spiro atoms. The van der Waals surface area contributed by atoms with Gasteiger partial charge in [-0.2, -0.15) is 0 Å². The summed E-state index contributed by atoms with van der Waals surface area (Å²) in [6.45, 7) is 0.362. The van der Waals surface area contributed by atoms with E-state index in [1.165, 1.54) is 11.3 Å². The van der Waals surface area contributed by atoms with E-state index in [1.54, 1.807) is 12.3 Å². The number of hydrogen-bond donors (Lipinski definition) is 2. The topological polar surface area (TPSA) is 70.2 Å². The zero-order valence-electron chi connectivity index (χ0n) is 10.8. The van der Waals surface area contributed by atoms with Crippen molar-refractivity contribution in [1.82, 2.24) is 15.3 Å². The molecule has 2 heterocycles. The largest absolute Gasteiger partial charge is 0.347 e. The molecule has 100 valence electrons. The molecule has 0 radical (unpaired) electrons. The maximum Gasteiger partial charge on any atom is 0.320 e. The van der Waals surface area contributed by atoms with E-state index in [0.29, 0.717) is 12.5 Å². The van der Waals surface area contributed by atoms with Crippen molar-refractivity contribution >= 4 is 28.3 Å². The lowest BCUT2D eigenvalue weighted by molar-refractivity contribution is 0.251. The van der Waals surface area contributed by atoms with Gasteiger partial charge in [-0.25, -0.2) is 14.8 Å². The second kappa shape index (κ2) is 6.14. The Kier molecular flexibility index (Phi) is 4.30. The third kappa shape index (κ3) is 3.92. The van der Waals surface area contributed by atoms with Crippen LogP contribution in [-0.2, 0) is 6.54 Å². The Morgan fingerprint density at radius 3 is 2.95 bits per heavy atom. The molecule has 0 saturated carbocycles. The summed E-state index contributed by atoms with van der Waals surface area (Å²) in [6.07, 6.45) is 1.68. The molecule has 0 saturated heterocycles. The van der Waals surface area contributed by atoms with Gasteiger partial charge < -0.3 is 10.2 Å². The number of carbonyl (C=O) groups excluding carboxylic acids is 1. The zero-order chi connectivity index (χ0) is 13.7. The highest BCUT2D eigenvalue weighted by atomic mass is 32.1. The summed E-state index contributed by atoms with van der Waals surface area (Å²) in [7, 11) is 3.74. The summed E-state index contributed by atoms with van der Waals surface area (Å²) in [4.78, 5) is 21.9. The number of hydrogen-bond acceptors (Lipinski definition) is 5. The first-order valence-corrected chi connectivity index (χ1v) is 6.61. The van der Waals surface area contributed by atoms with Crippen molar-refractivity contribution in [2.75, 3.05) is 24.3 Å². The Labute approximate surface area is 115 Å². The molecule has 7 heteroatoms. The summed E-state index contributed by atoms with van der Waals surface area (Å²) in [5.74, 6) is 0.623. The number of nitrogens with zero attached hydrogens (tertiary/aromatic N) is 3. The van der Waals surface area contributed by atoms with Gasteiger partial charge in [-0.15, -0.1) is 11.3 Å². The van der Waals surface area contributed by atoms with Crippen LogP contribution >= 0.6 is 11.3 Å². The molecular weight excluding hydrogens is 262 g/mol. The van der Waals surface area contributed by atoms with Crippen LogP contribution in [0.2, 0.25) is 0 Å². The van der Waals surface area contributed by atoms with Gasteiger partial charge >= 0.3 is 6.03 Å². The maximum atomic E-state index is 11.6.